The number of sulfone groups is 1. The fraction of sp³-hybridized carbons (Fsp3) is 0.214. The van der Waals surface area contributed by atoms with Gasteiger partial charge in [0.05, 0.1) is 21.3 Å². The maximum Gasteiger partial charge on any atom is 0.377 e. The molecule has 2 rings (SSSR count). The minimum atomic E-state index is -3.45. The molecule has 1 heterocycles. The highest BCUT2D eigenvalue weighted by atomic mass is 35.5. The summed E-state index contributed by atoms with van der Waals surface area (Å²) < 4.78 is 32.5. The maximum atomic E-state index is 11.8. The van der Waals surface area contributed by atoms with Crippen molar-refractivity contribution in [3.05, 3.63) is 40.7 Å². The van der Waals surface area contributed by atoms with Crippen LogP contribution >= 0.6 is 11.6 Å². The molecule has 0 spiro atoms. The Hall–Kier alpha value is -2.39. The molecule has 0 aliphatic carbocycles. The van der Waals surface area contributed by atoms with Crippen molar-refractivity contribution in [2.45, 2.75) is 11.8 Å². The Morgan fingerprint density at radius 3 is 2.62 bits per heavy atom. The van der Waals surface area contributed by atoms with Crippen molar-refractivity contribution in [3.8, 4) is 0 Å². The number of nitrogens with zero attached hydrogens (tertiary/aromatic N) is 1. The number of halogens is 1. The van der Waals surface area contributed by atoms with Crippen molar-refractivity contribution < 1.29 is 27.3 Å². The van der Waals surface area contributed by atoms with E-state index in [1.54, 1.807) is 6.92 Å². The van der Waals surface area contributed by atoms with Crippen LogP contribution in [0.3, 0.4) is 0 Å². The lowest BCUT2D eigenvalue weighted by atomic mass is 10.3. The highest BCUT2D eigenvalue weighted by Crippen LogP contribution is 2.25. The van der Waals surface area contributed by atoms with Gasteiger partial charge < -0.3 is 14.6 Å². The van der Waals surface area contributed by atoms with Gasteiger partial charge in [-0.1, -0.05) is 16.8 Å². The average molecular weight is 373 g/mol. The van der Waals surface area contributed by atoms with E-state index in [9.17, 15) is 18.0 Å². The molecule has 0 fully saturated rings. The van der Waals surface area contributed by atoms with Crippen LogP contribution in [0.1, 0.15) is 16.2 Å². The first-order valence-electron chi connectivity index (χ1n) is 6.56. The fourth-order valence-corrected chi connectivity index (χ4v) is 2.49. The molecule has 1 aromatic carbocycles. The number of hydrogen-bond acceptors (Lipinski definition) is 7. The number of rotatable bonds is 5. The number of aryl methyl sites for hydroxylation is 1. The maximum absolute atomic E-state index is 11.8. The van der Waals surface area contributed by atoms with Gasteiger partial charge in [0.2, 0.25) is 5.76 Å². The van der Waals surface area contributed by atoms with Crippen molar-refractivity contribution in [1.29, 1.82) is 0 Å². The molecule has 10 heteroatoms. The summed E-state index contributed by atoms with van der Waals surface area (Å²) in [4.78, 5) is 23.4. The van der Waals surface area contributed by atoms with Gasteiger partial charge in [0.1, 0.15) is 0 Å². The molecule has 0 unspecified atom stereocenters. The highest BCUT2D eigenvalue weighted by Gasteiger charge is 2.16. The van der Waals surface area contributed by atoms with Gasteiger partial charge in [-0.05, 0) is 25.1 Å². The van der Waals surface area contributed by atoms with Crippen LogP contribution in [0.5, 0.6) is 0 Å². The summed E-state index contributed by atoms with van der Waals surface area (Å²) in [6.07, 6.45) is 1.03. The first-order valence-corrected chi connectivity index (χ1v) is 8.83. The Morgan fingerprint density at radius 1 is 1.33 bits per heavy atom. The van der Waals surface area contributed by atoms with E-state index in [0.29, 0.717) is 5.69 Å². The van der Waals surface area contributed by atoms with Crippen LogP contribution in [-0.4, -0.2) is 38.3 Å². The third-order valence-corrected chi connectivity index (χ3v) is 4.24. The summed E-state index contributed by atoms with van der Waals surface area (Å²) in [7, 11) is -3.45. The normalized spacial score (nSPS) is 11.1. The van der Waals surface area contributed by atoms with Gasteiger partial charge in [-0.2, -0.15) is 0 Å². The van der Waals surface area contributed by atoms with Crippen LogP contribution in [0, 0.1) is 6.92 Å². The van der Waals surface area contributed by atoms with E-state index in [-0.39, 0.29) is 21.4 Å². The van der Waals surface area contributed by atoms with Gasteiger partial charge in [-0.3, -0.25) is 4.79 Å². The van der Waals surface area contributed by atoms with E-state index < -0.39 is 28.3 Å². The number of aromatic nitrogens is 1. The number of hydrogen-bond donors (Lipinski definition) is 1. The summed E-state index contributed by atoms with van der Waals surface area (Å²) in [5.74, 6) is -1.66. The van der Waals surface area contributed by atoms with Crippen LogP contribution in [0.25, 0.3) is 0 Å². The Labute approximate surface area is 142 Å². The second-order valence-corrected chi connectivity index (χ2v) is 7.29. The molecule has 0 saturated carbocycles. The van der Waals surface area contributed by atoms with Crippen molar-refractivity contribution in [2.75, 3.05) is 18.2 Å². The molecule has 1 N–H and O–H groups in total. The molecule has 0 aliphatic rings. The molecule has 0 atom stereocenters. The third-order valence-electron chi connectivity index (χ3n) is 2.80. The van der Waals surface area contributed by atoms with Gasteiger partial charge >= 0.3 is 5.97 Å². The topological polar surface area (TPSA) is 116 Å². The first-order chi connectivity index (χ1) is 11.2. The van der Waals surface area contributed by atoms with Crippen molar-refractivity contribution in [2.24, 2.45) is 0 Å². The van der Waals surface area contributed by atoms with Gasteiger partial charge in [0.15, 0.2) is 16.4 Å². The van der Waals surface area contributed by atoms with Crippen LogP contribution in [0.15, 0.2) is 33.7 Å². The lowest BCUT2D eigenvalue weighted by molar-refractivity contribution is -0.119. The number of benzene rings is 1. The van der Waals surface area contributed by atoms with E-state index in [2.05, 4.69) is 10.5 Å². The Morgan fingerprint density at radius 2 is 2.04 bits per heavy atom. The van der Waals surface area contributed by atoms with Crippen LogP contribution in [0.2, 0.25) is 5.02 Å². The summed E-state index contributed by atoms with van der Waals surface area (Å²) in [5.41, 5.74) is 0.590. The van der Waals surface area contributed by atoms with Gasteiger partial charge in [-0.15, -0.1) is 0 Å². The van der Waals surface area contributed by atoms with Crippen molar-refractivity contribution in [1.82, 2.24) is 5.16 Å². The molecule has 0 saturated heterocycles. The highest BCUT2D eigenvalue weighted by molar-refractivity contribution is 7.90. The molecule has 0 radical (unpaired) electrons. The standard InChI is InChI=1S/C14H13ClN2O6S/c1-8-5-12(23-17-8)14(19)22-7-13(18)16-11-6-9(24(2,20)21)3-4-10(11)15/h3-6H,7H2,1-2H3,(H,16,18). The molecule has 0 bridgehead atoms. The van der Waals surface area contributed by atoms with E-state index >= 15 is 0 Å². The summed E-state index contributed by atoms with van der Waals surface area (Å²) in [6.45, 7) is 1.03. The first kappa shape index (κ1) is 18.0. The molecule has 128 valence electrons. The summed E-state index contributed by atoms with van der Waals surface area (Å²) >= 11 is 5.91. The van der Waals surface area contributed by atoms with Gasteiger partial charge in [-0.25, -0.2) is 13.2 Å². The number of carbonyl (C=O) groups is 2. The van der Waals surface area contributed by atoms with Crippen LogP contribution < -0.4 is 5.32 Å². The second kappa shape index (κ2) is 7.02. The average Bonchev–Trinajstić information content (AvgIpc) is 2.92. The molecule has 1 aromatic heterocycles. The predicted molar refractivity (Wildman–Crippen MR) is 84.7 cm³/mol. The quantitative estimate of drug-likeness (QED) is 0.796. The number of ether oxygens (including phenoxy) is 1. The summed E-state index contributed by atoms with van der Waals surface area (Å²) in [5, 5.41) is 6.05. The van der Waals surface area contributed by atoms with E-state index in [4.69, 9.17) is 20.9 Å². The summed E-state index contributed by atoms with van der Waals surface area (Å²) in [6, 6.07) is 5.25. The lowest BCUT2D eigenvalue weighted by Gasteiger charge is -2.09. The SMILES string of the molecule is Cc1cc(C(=O)OCC(=O)Nc2cc(S(C)(=O)=O)ccc2Cl)on1. The van der Waals surface area contributed by atoms with Crippen molar-refractivity contribution in [3.63, 3.8) is 0 Å². The zero-order valence-corrected chi connectivity index (χ0v) is 14.3. The van der Waals surface area contributed by atoms with Crippen LogP contribution in [-0.2, 0) is 19.4 Å². The smallest absolute Gasteiger partial charge is 0.377 e. The Kier molecular flexibility index (Phi) is 5.25. The monoisotopic (exact) mass is 372 g/mol. The number of carbonyl (C=O) groups excluding carboxylic acids is 2. The number of esters is 1. The predicted octanol–water partition coefficient (Wildman–Crippen LogP) is 1.84. The van der Waals surface area contributed by atoms with Gasteiger partial charge in [0.25, 0.3) is 5.91 Å². The third kappa shape index (κ3) is 4.56. The minimum absolute atomic E-state index is 0.00340. The Balaban J connectivity index is 2.01. The fourth-order valence-electron chi connectivity index (χ4n) is 1.68. The van der Waals surface area contributed by atoms with Crippen LogP contribution in [0.4, 0.5) is 5.69 Å². The zero-order valence-electron chi connectivity index (χ0n) is 12.7. The molecule has 0 aliphatic heterocycles. The van der Waals surface area contributed by atoms with Crippen molar-refractivity contribution >= 4 is 39.0 Å². The number of amides is 1. The second-order valence-electron chi connectivity index (χ2n) is 4.87. The van der Waals surface area contributed by atoms with E-state index in [1.165, 1.54) is 24.3 Å². The largest absolute Gasteiger partial charge is 0.450 e. The number of nitrogens with one attached hydrogen (secondary N) is 1. The molecular weight excluding hydrogens is 360 g/mol. The molecule has 8 nitrogen and oxygen atoms in total. The molecular formula is C14H13ClN2O6S. The van der Waals surface area contributed by atoms with E-state index in [1.807, 2.05) is 0 Å². The minimum Gasteiger partial charge on any atom is -0.450 e. The molecule has 2 aromatic rings. The van der Waals surface area contributed by atoms with E-state index in [0.717, 1.165) is 6.26 Å². The lowest BCUT2D eigenvalue weighted by Crippen LogP contribution is -2.21. The van der Waals surface area contributed by atoms with Gasteiger partial charge in [0, 0.05) is 12.3 Å². The Bertz CT molecular complexity index is 890. The zero-order chi connectivity index (χ0) is 17.9. The molecule has 1 amide bonds. The number of anilines is 1. The molecule has 24 heavy (non-hydrogen) atoms.